The Morgan fingerprint density at radius 1 is 1.15 bits per heavy atom. The topological polar surface area (TPSA) is 75.3 Å². The number of rotatable bonds is 7. The molecule has 0 saturated heterocycles. The van der Waals surface area contributed by atoms with Crippen LogP contribution in [-0.4, -0.2) is 20.9 Å². The van der Waals surface area contributed by atoms with Gasteiger partial charge in [0.25, 0.3) is 5.91 Å². The van der Waals surface area contributed by atoms with Crippen molar-refractivity contribution >= 4 is 39.1 Å². The number of nitrogens with one attached hydrogen (secondary N) is 2. The fourth-order valence-corrected chi connectivity index (χ4v) is 4.25. The fourth-order valence-electron chi connectivity index (χ4n) is 2.18. The summed E-state index contributed by atoms with van der Waals surface area (Å²) in [6, 6.07) is 8.31. The molecule has 0 aliphatic heterocycles. The molecule has 2 rings (SSSR count). The van der Waals surface area contributed by atoms with E-state index in [0.717, 1.165) is 6.07 Å². The standard InChI is InChI=1S/C18H19Cl2FN2O3S/c1-11(2)9-23-27(25,26)17-7-13(14(19)8-15(17)20)18(24)22-10-12-5-3-4-6-16(12)21/h3-8,11,23H,9-10H2,1-2H3,(H,22,24). The first-order valence-corrected chi connectivity index (χ1v) is 10.4. The summed E-state index contributed by atoms with van der Waals surface area (Å²) in [5.41, 5.74) is 0.227. The highest BCUT2D eigenvalue weighted by Gasteiger charge is 2.22. The highest BCUT2D eigenvalue weighted by molar-refractivity contribution is 7.89. The summed E-state index contributed by atoms with van der Waals surface area (Å²) >= 11 is 12.1. The highest BCUT2D eigenvalue weighted by Crippen LogP contribution is 2.29. The van der Waals surface area contributed by atoms with E-state index in [4.69, 9.17) is 23.2 Å². The lowest BCUT2D eigenvalue weighted by molar-refractivity contribution is 0.0950. The van der Waals surface area contributed by atoms with E-state index >= 15 is 0 Å². The van der Waals surface area contributed by atoms with Crippen LogP contribution < -0.4 is 10.0 Å². The molecule has 0 fully saturated rings. The molecule has 2 aromatic carbocycles. The maximum Gasteiger partial charge on any atom is 0.253 e. The van der Waals surface area contributed by atoms with Gasteiger partial charge in [-0.05, 0) is 24.1 Å². The van der Waals surface area contributed by atoms with Crippen molar-refractivity contribution in [1.29, 1.82) is 0 Å². The molecule has 146 valence electrons. The average molecular weight is 433 g/mol. The molecule has 0 aliphatic rings. The zero-order valence-electron chi connectivity index (χ0n) is 14.7. The summed E-state index contributed by atoms with van der Waals surface area (Å²) in [6.07, 6.45) is 0. The van der Waals surface area contributed by atoms with Crippen LogP contribution >= 0.6 is 23.2 Å². The minimum atomic E-state index is -3.91. The lowest BCUT2D eigenvalue weighted by Crippen LogP contribution is -2.28. The van der Waals surface area contributed by atoms with E-state index in [1.807, 2.05) is 13.8 Å². The van der Waals surface area contributed by atoms with Crippen LogP contribution in [0.4, 0.5) is 4.39 Å². The number of sulfonamides is 1. The lowest BCUT2D eigenvalue weighted by Gasteiger charge is -2.13. The van der Waals surface area contributed by atoms with Gasteiger partial charge in [0, 0.05) is 18.7 Å². The lowest BCUT2D eigenvalue weighted by atomic mass is 10.2. The monoisotopic (exact) mass is 432 g/mol. The van der Waals surface area contributed by atoms with Gasteiger partial charge in [-0.2, -0.15) is 0 Å². The van der Waals surface area contributed by atoms with Gasteiger partial charge < -0.3 is 5.32 Å². The SMILES string of the molecule is CC(C)CNS(=O)(=O)c1cc(C(=O)NCc2ccccc2F)c(Cl)cc1Cl. The Morgan fingerprint density at radius 2 is 1.81 bits per heavy atom. The van der Waals surface area contributed by atoms with Gasteiger partial charge >= 0.3 is 0 Å². The van der Waals surface area contributed by atoms with Crippen LogP contribution in [0.25, 0.3) is 0 Å². The third kappa shape index (κ3) is 5.65. The molecule has 0 bridgehead atoms. The summed E-state index contributed by atoms with van der Waals surface area (Å²) in [4.78, 5) is 12.2. The minimum absolute atomic E-state index is 0.00570. The van der Waals surface area contributed by atoms with Crippen molar-refractivity contribution in [1.82, 2.24) is 10.0 Å². The van der Waals surface area contributed by atoms with Crippen molar-refractivity contribution in [3.63, 3.8) is 0 Å². The van der Waals surface area contributed by atoms with E-state index in [1.165, 1.54) is 24.3 Å². The first-order valence-electron chi connectivity index (χ1n) is 8.12. The number of amides is 1. The van der Waals surface area contributed by atoms with Gasteiger partial charge in [0.2, 0.25) is 10.0 Å². The van der Waals surface area contributed by atoms with Gasteiger partial charge in [-0.1, -0.05) is 55.2 Å². The molecule has 0 spiro atoms. The van der Waals surface area contributed by atoms with Gasteiger partial charge in [0.1, 0.15) is 10.7 Å². The zero-order chi connectivity index (χ0) is 20.2. The van der Waals surface area contributed by atoms with Crippen molar-refractivity contribution in [2.24, 2.45) is 5.92 Å². The second-order valence-electron chi connectivity index (χ2n) is 6.28. The Kier molecular flexibility index (Phi) is 7.22. The summed E-state index contributed by atoms with van der Waals surface area (Å²) < 4.78 is 41.0. The number of hydrogen-bond donors (Lipinski definition) is 2. The third-order valence-corrected chi connectivity index (χ3v) is 5.84. The fraction of sp³-hybridized carbons (Fsp3) is 0.278. The first-order chi connectivity index (χ1) is 12.6. The first kappa shape index (κ1) is 21.6. The maximum atomic E-state index is 13.7. The maximum absolute atomic E-state index is 13.7. The van der Waals surface area contributed by atoms with E-state index in [2.05, 4.69) is 10.0 Å². The second-order valence-corrected chi connectivity index (χ2v) is 8.83. The molecule has 0 aliphatic carbocycles. The van der Waals surface area contributed by atoms with Crippen molar-refractivity contribution in [3.8, 4) is 0 Å². The molecular formula is C18H19Cl2FN2O3S. The van der Waals surface area contributed by atoms with Crippen LogP contribution in [-0.2, 0) is 16.6 Å². The minimum Gasteiger partial charge on any atom is -0.348 e. The Morgan fingerprint density at radius 3 is 2.44 bits per heavy atom. The average Bonchev–Trinajstić information content (AvgIpc) is 2.59. The summed E-state index contributed by atoms with van der Waals surface area (Å²) in [5.74, 6) is -1.00. The van der Waals surface area contributed by atoms with E-state index < -0.39 is 21.7 Å². The van der Waals surface area contributed by atoms with E-state index in [9.17, 15) is 17.6 Å². The molecule has 0 aromatic heterocycles. The zero-order valence-corrected chi connectivity index (χ0v) is 17.1. The van der Waals surface area contributed by atoms with Gasteiger partial charge in [-0.25, -0.2) is 17.5 Å². The van der Waals surface area contributed by atoms with Crippen molar-refractivity contribution < 1.29 is 17.6 Å². The van der Waals surface area contributed by atoms with Crippen LogP contribution in [0.3, 0.4) is 0 Å². The smallest absolute Gasteiger partial charge is 0.253 e. The molecule has 27 heavy (non-hydrogen) atoms. The van der Waals surface area contributed by atoms with Crippen molar-refractivity contribution in [3.05, 3.63) is 63.4 Å². The molecule has 1 amide bonds. The molecule has 2 aromatic rings. The Bertz CT molecular complexity index is 950. The Hall–Kier alpha value is -1.67. The molecule has 2 N–H and O–H groups in total. The van der Waals surface area contributed by atoms with E-state index in [0.29, 0.717) is 5.56 Å². The Labute approximate surface area is 167 Å². The van der Waals surface area contributed by atoms with Gasteiger partial charge in [0.05, 0.1) is 15.6 Å². The molecule has 0 atom stereocenters. The number of carbonyl (C=O) groups excluding carboxylic acids is 1. The van der Waals surface area contributed by atoms with Crippen LogP contribution in [0.1, 0.15) is 29.8 Å². The van der Waals surface area contributed by atoms with Crippen LogP contribution in [0, 0.1) is 11.7 Å². The summed E-state index contributed by atoms with van der Waals surface area (Å²) in [7, 11) is -3.91. The quantitative estimate of drug-likeness (QED) is 0.693. The second kappa shape index (κ2) is 9.01. The third-order valence-electron chi connectivity index (χ3n) is 3.63. The molecular weight excluding hydrogens is 414 g/mol. The van der Waals surface area contributed by atoms with Gasteiger partial charge in [-0.3, -0.25) is 4.79 Å². The Balaban J connectivity index is 2.26. The summed E-state index contributed by atoms with van der Waals surface area (Å²) in [5, 5.41) is 2.42. The predicted octanol–water partition coefficient (Wildman–Crippen LogP) is 4.00. The largest absolute Gasteiger partial charge is 0.348 e. The van der Waals surface area contributed by atoms with Gasteiger partial charge in [-0.15, -0.1) is 0 Å². The molecule has 0 unspecified atom stereocenters. The van der Waals surface area contributed by atoms with E-state index in [1.54, 1.807) is 6.07 Å². The molecule has 0 radical (unpaired) electrons. The molecule has 0 saturated carbocycles. The predicted molar refractivity (Wildman–Crippen MR) is 104 cm³/mol. The van der Waals surface area contributed by atoms with Crippen LogP contribution in [0.5, 0.6) is 0 Å². The summed E-state index contributed by atoms with van der Waals surface area (Å²) in [6.45, 7) is 3.86. The molecule has 5 nitrogen and oxygen atoms in total. The molecule has 0 heterocycles. The van der Waals surface area contributed by atoms with Crippen molar-refractivity contribution in [2.45, 2.75) is 25.3 Å². The molecule has 9 heteroatoms. The normalized spacial score (nSPS) is 11.6. The number of benzene rings is 2. The number of carbonyl (C=O) groups is 1. The van der Waals surface area contributed by atoms with Crippen LogP contribution in [0.15, 0.2) is 41.3 Å². The van der Waals surface area contributed by atoms with Crippen LogP contribution in [0.2, 0.25) is 10.0 Å². The number of halogens is 3. The number of hydrogen-bond acceptors (Lipinski definition) is 3. The van der Waals surface area contributed by atoms with Gasteiger partial charge in [0.15, 0.2) is 0 Å². The van der Waals surface area contributed by atoms with Crippen molar-refractivity contribution in [2.75, 3.05) is 6.54 Å². The van der Waals surface area contributed by atoms with E-state index in [-0.39, 0.29) is 39.5 Å². The highest BCUT2D eigenvalue weighted by atomic mass is 35.5.